The molecule has 1 aromatic carbocycles. The molecule has 0 fully saturated rings. The molecule has 0 spiro atoms. The summed E-state index contributed by atoms with van der Waals surface area (Å²) in [7, 11) is 0. The summed E-state index contributed by atoms with van der Waals surface area (Å²) in [6.45, 7) is 3.50. The van der Waals surface area contributed by atoms with E-state index < -0.39 is 29.2 Å². The van der Waals surface area contributed by atoms with Gasteiger partial charge in [-0.3, -0.25) is 9.59 Å². The van der Waals surface area contributed by atoms with Crippen LogP contribution in [-0.4, -0.2) is 17.9 Å². The monoisotopic (exact) mass is 288 g/mol. The second-order valence-corrected chi connectivity index (χ2v) is 4.28. The van der Waals surface area contributed by atoms with E-state index in [1.807, 2.05) is 12.2 Å². The molecule has 1 rings (SSSR count). The van der Waals surface area contributed by atoms with E-state index in [9.17, 15) is 22.8 Å². The van der Waals surface area contributed by atoms with Crippen molar-refractivity contribution in [3.05, 3.63) is 29.8 Å². The first-order valence-electron chi connectivity index (χ1n) is 6.03. The van der Waals surface area contributed by atoms with Gasteiger partial charge in [0.15, 0.2) is 0 Å². The Hall–Kier alpha value is -2.05. The van der Waals surface area contributed by atoms with Gasteiger partial charge in [0.1, 0.15) is 0 Å². The van der Waals surface area contributed by atoms with Gasteiger partial charge in [0, 0.05) is 6.04 Å². The van der Waals surface area contributed by atoms with Crippen LogP contribution in [0, 0.1) is 0 Å². The number of carbonyl (C=O) groups is 2. The molecule has 0 bridgehead atoms. The van der Waals surface area contributed by atoms with Gasteiger partial charge in [-0.15, -0.1) is 0 Å². The molecule has 20 heavy (non-hydrogen) atoms. The van der Waals surface area contributed by atoms with E-state index in [0.717, 1.165) is 12.1 Å². The van der Waals surface area contributed by atoms with Gasteiger partial charge >= 0.3 is 18.0 Å². The lowest BCUT2D eigenvalue weighted by Gasteiger charge is -2.14. The van der Waals surface area contributed by atoms with Crippen LogP contribution in [0.4, 0.5) is 18.9 Å². The average Bonchev–Trinajstić information content (AvgIpc) is 2.37. The molecule has 0 radical (unpaired) electrons. The summed E-state index contributed by atoms with van der Waals surface area (Å²) in [6.07, 6.45) is -3.99. The molecule has 0 aliphatic heterocycles. The van der Waals surface area contributed by atoms with Crippen molar-refractivity contribution in [2.45, 2.75) is 32.5 Å². The second-order valence-electron chi connectivity index (χ2n) is 4.28. The third kappa shape index (κ3) is 4.25. The van der Waals surface area contributed by atoms with Gasteiger partial charge in [0.25, 0.3) is 0 Å². The number of hydrogen-bond acceptors (Lipinski definition) is 2. The lowest BCUT2D eigenvalue weighted by Crippen LogP contribution is -2.40. The van der Waals surface area contributed by atoms with Crippen molar-refractivity contribution >= 4 is 17.5 Å². The van der Waals surface area contributed by atoms with Gasteiger partial charge in [0.05, 0.1) is 11.3 Å². The molecule has 1 atom stereocenters. The van der Waals surface area contributed by atoms with Crippen molar-refractivity contribution in [1.82, 2.24) is 5.32 Å². The number of alkyl halides is 3. The molecule has 1 aromatic rings. The first-order valence-corrected chi connectivity index (χ1v) is 6.03. The van der Waals surface area contributed by atoms with E-state index >= 15 is 0 Å². The molecule has 7 heteroatoms. The maximum absolute atomic E-state index is 12.7. The molecular formula is C13H15F3N2O2. The van der Waals surface area contributed by atoms with E-state index in [1.165, 1.54) is 12.1 Å². The van der Waals surface area contributed by atoms with Gasteiger partial charge in [-0.1, -0.05) is 19.1 Å². The number of carbonyl (C=O) groups excluding carboxylic acids is 2. The normalized spacial score (nSPS) is 12.7. The Balaban J connectivity index is 2.84. The minimum absolute atomic E-state index is 0.230. The molecule has 0 saturated heterocycles. The summed E-state index contributed by atoms with van der Waals surface area (Å²) in [6, 6.07) is 4.25. The number of nitrogens with one attached hydrogen (secondary N) is 2. The third-order valence-electron chi connectivity index (χ3n) is 2.68. The molecule has 0 aliphatic carbocycles. The van der Waals surface area contributed by atoms with E-state index in [1.54, 1.807) is 6.92 Å². The van der Waals surface area contributed by atoms with Crippen LogP contribution >= 0.6 is 0 Å². The predicted molar refractivity (Wildman–Crippen MR) is 68.0 cm³/mol. The summed E-state index contributed by atoms with van der Waals surface area (Å²) in [5.74, 6) is -2.08. The first-order chi connectivity index (χ1) is 9.25. The van der Waals surface area contributed by atoms with Crippen molar-refractivity contribution in [2.24, 2.45) is 0 Å². The van der Waals surface area contributed by atoms with Crippen molar-refractivity contribution in [3.8, 4) is 0 Å². The Kier molecular flexibility index (Phi) is 5.12. The molecule has 0 aliphatic rings. The number of amides is 2. The van der Waals surface area contributed by atoms with Crippen molar-refractivity contribution in [1.29, 1.82) is 0 Å². The molecule has 4 nitrogen and oxygen atoms in total. The van der Waals surface area contributed by atoms with Crippen LogP contribution in [0.3, 0.4) is 0 Å². The van der Waals surface area contributed by atoms with Gasteiger partial charge in [0.2, 0.25) is 0 Å². The van der Waals surface area contributed by atoms with Crippen LogP contribution in [0.5, 0.6) is 0 Å². The zero-order chi connectivity index (χ0) is 15.3. The Morgan fingerprint density at radius 3 is 2.35 bits per heavy atom. The molecule has 0 saturated carbocycles. The van der Waals surface area contributed by atoms with Crippen molar-refractivity contribution in [3.63, 3.8) is 0 Å². The molecular weight excluding hydrogens is 273 g/mol. The quantitative estimate of drug-likeness (QED) is 0.840. The minimum Gasteiger partial charge on any atom is -0.345 e. The summed E-state index contributed by atoms with van der Waals surface area (Å²) < 4.78 is 38.1. The average molecular weight is 288 g/mol. The van der Waals surface area contributed by atoms with Crippen LogP contribution < -0.4 is 10.6 Å². The number of anilines is 1. The van der Waals surface area contributed by atoms with Crippen LogP contribution in [0.2, 0.25) is 0 Å². The second kappa shape index (κ2) is 6.40. The SMILES string of the molecule is CC[C@@H](C)NC(=O)C(=O)Nc1ccccc1C(F)(F)F. The smallest absolute Gasteiger partial charge is 0.345 e. The summed E-state index contributed by atoms with van der Waals surface area (Å²) in [4.78, 5) is 23.0. The van der Waals surface area contributed by atoms with E-state index in [0.29, 0.717) is 6.42 Å². The highest BCUT2D eigenvalue weighted by Crippen LogP contribution is 2.34. The van der Waals surface area contributed by atoms with Crippen LogP contribution in [0.15, 0.2) is 24.3 Å². The molecule has 0 heterocycles. The lowest BCUT2D eigenvalue weighted by atomic mass is 10.1. The molecule has 110 valence electrons. The highest BCUT2D eigenvalue weighted by Gasteiger charge is 2.34. The van der Waals surface area contributed by atoms with Crippen LogP contribution in [0.25, 0.3) is 0 Å². The van der Waals surface area contributed by atoms with E-state index in [4.69, 9.17) is 0 Å². The molecule has 2 amide bonds. The fraction of sp³-hybridized carbons (Fsp3) is 0.385. The maximum Gasteiger partial charge on any atom is 0.418 e. The summed E-state index contributed by atoms with van der Waals surface area (Å²) in [5.41, 5.74) is -1.44. The number of halogens is 3. The number of benzene rings is 1. The van der Waals surface area contributed by atoms with Crippen molar-refractivity contribution in [2.75, 3.05) is 5.32 Å². The third-order valence-corrected chi connectivity index (χ3v) is 2.68. The number of rotatable bonds is 3. The minimum atomic E-state index is -4.60. The van der Waals surface area contributed by atoms with Gasteiger partial charge in [-0.05, 0) is 25.5 Å². The predicted octanol–water partition coefficient (Wildman–Crippen LogP) is 2.56. The summed E-state index contributed by atoms with van der Waals surface area (Å²) in [5, 5.41) is 4.35. The maximum atomic E-state index is 12.7. The molecule has 0 unspecified atom stereocenters. The first kappa shape index (κ1) is 16.0. The van der Waals surface area contributed by atoms with Crippen LogP contribution in [-0.2, 0) is 15.8 Å². The lowest BCUT2D eigenvalue weighted by molar-refractivity contribution is -0.138. The van der Waals surface area contributed by atoms with Gasteiger partial charge < -0.3 is 10.6 Å². The zero-order valence-corrected chi connectivity index (χ0v) is 11.0. The summed E-state index contributed by atoms with van der Waals surface area (Å²) >= 11 is 0. The Morgan fingerprint density at radius 2 is 1.80 bits per heavy atom. The Morgan fingerprint density at radius 1 is 1.20 bits per heavy atom. The Labute approximate surface area is 114 Å². The van der Waals surface area contributed by atoms with Gasteiger partial charge in [-0.2, -0.15) is 13.2 Å². The topological polar surface area (TPSA) is 58.2 Å². The van der Waals surface area contributed by atoms with Gasteiger partial charge in [-0.25, -0.2) is 0 Å². The zero-order valence-electron chi connectivity index (χ0n) is 11.0. The fourth-order valence-electron chi connectivity index (χ4n) is 1.41. The standard InChI is InChI=1S/C13H15F3N2O2/c1-3-8(2)17-11(19)12(20)18-10-7-5-4-6-9(10)13(14,15)16/h4-8H,3H2,1-2H3,(H,17,19)(H,18,20)/t8-/m1/s1. The highest BCUT2D eigenvalue weighted by molar-refractivity contribution is 6.39. The van der Waals surface area contributed by atoms with Crippen LogP contribution in [0.1, 0.15) is 25.8 Å². The van der Waals surface area contributed by atoms with E-state index in [-0.39, 0.29) is 6.04 Å². The fourth-order valence-corrected chi connectivity index (χ4v) is 1.41. The Bertz CT molecular complexity index is 501. The molecule has 0 aromatic heterocycles. The molecule has 2 N–H and O–H groups in total. The van der Waals surface area contributed by atoms with E-state index in [2.05, 4.69) is 5.32 Å². The van der Waals surface area contributed by atoms with Crippen molar-refractivity contribution < 1.29 is 22.8 Å². The number of para-hydroxylation sites is 1. The largest absolute Gasteiger partial charge is 0.418 e. The highest BCUT2D eigenvalue weighted by atomic mass is 19.4. The number of hydrogen-bond donors (Lipinski definition) is 2.